The van der Waals surface area contributed by atoms with Crippen LogP contribution in [0.3, 0.4) is 0 Å². The fourth-order valence-electron chi connectivity index (χ4n) is 2.26. The minimum atomic E-state index is -1.23. The van der Waals surface area contributed by atoms with Crippen molar-refractivity contribution in [2.45, 2.75) is 36.0 Å². The van der Waals surface area contributed by atoms with Gasteiger partial charge in [0.2, 0.25) is 5.91 Å². The minimum Gasteiger partial charge on any atom is -0.611 e. The molecule has 1 aromatic rings. The molecule has 2 rings (SSSR count). The average molecular weight is 298 g/mol. The Labute approximate surface area is 121 Å². The summed E-state index contributed by atoms with van der Waals surface area (Å²) < 4.78 is 25.3. The van der Waals surface area contributed by atoms with E-state index in [1.165, 1.54) is 24.3 Å². The topological polar surface area (TPSA) is 69.4 Å². The van der Waals surface area contributed by atoms with Crippen molar-refractivity contribution >= 4 is 17.1 Å². The molecule has 110 valence electrons. The number of rotatable bonds is 3. The van der Waals surface area contributed by atoms with E-state index in [4.69, 9.17) is 5.73 Å². The highest BCUT2D eigenvalue weighted by Gasteiger charge is 2.38. The van der Waals surface area contributed by atoms with Gasteiger partial charge in [0, 0.05) is 13.0 Å². The van der Waals surface area contributed by atoms with E-state index in [1.807, 2.05) is 0 Å². The summed E-state index contributed by atoms with van der Waals surface area (Å²) >= 11 is -1.23. The number of carbonyl (C=O) groups is 1. The van der Waals surface area contributed by atoms with Gasteiger partial charge >= 0.3 is 0 Å². The highest BCUT2D eigenvalue weighted by atomic mass is 32.2. The van der Waals surface area contributed by atoms with Gasteiger partial charge in [-0.3, -0.25) is 4.79 Å². The Balaban J connectivity index is 2.02. The van der Waals surface area contributed by atoms with Crippen LogP contribution in [-0.4, -0.2) is 39.2 Å². The van der Waals surface area contributed by atoms with Gasteiger partial charge in [-0.15, -0.1) is 0 Å². The molecule has 1 amide bonds. The first-order valence-electron chi connectivity index (χ1n) is 6.53. The molecule has 1 aliphatic rings. The van der Waals surface area contributed by atoms with Gasteiger partial charge in [0.05, 0.1) is 12.1 Å². The van der Waals surface area contributed by atoms with Crippen molar-refractivity contribution in [3.8, 4) is 0 Å². The Morgan fingerprint density at radius 2 is 2.05 bits per heavy atom. The molecule has 1 heterocycles. The van der Waals surface area contributed by atoms with Crippen LogP contribution in [0.1, 0.15) is 20.3 Å². The third kappa shape index (κ3) is 3.31. The maximum atomic E-state index is 12.9. The van der Waals surface area contributed by atoms with E-state index in [-0.39, 0.29) is 17.0 Å². The normalized spacial score (nSPS) is 21.1. The second-order valence-corrected chi connectivity index (χ2v) is 7.37. The molecule has 2 N–H and O–H groups in total. The summed E-state index contributed by atoms with van der Waals surface area (Å²) in [6.07, 6.45) is 0.672. The number of hydrogen-bond donors (Lipinski definition) is 1. The summed E-state index contributed by atoms with van der Waals surface area (Å²) in [6, 6.07) is 5.66. The predicted octanol–water partition coefficient (Wildman–Crippen LogP) is 1.27. The van der Waals surface area contributed by atoms with E-state index in [0.717, 1.165) is 0 Å². The Morgan fingerprint density at radius 3 is 2.60 bits per heavy atom. The van der Waals surface area contributed by atoms with E-state index in [2.05, 4.69) is 0 Å². The number of hydrogen-bond acceptors (Lipinski definition) is 3. The summed E-state index contributed by atoms with van der Waals surface area (Å²) in [7, 11) is 0. The summed E-state index contributed by atoms with van der Waals surface area (Å²) in [5.74, 6) is -0.477. The highest BCUT2D eigenvalue weighted by Crippen LogP contribution is 2.25. The van der Waals surface area contributed by atoms with Crippen molar-refractivity contribution in [3.63, 3.8) is 0 Å². The third-order valence-corrected chi connectivity index (χ3v) is 5.06. The molecule has 20 heavy (non-hydrogen) atoms. The van der Waals surface area contributed by atoms with Gasteiger partial charge in [-0.25, -0.2) is 4.39 Å². The van der Waals surface area contributed by atoms with Crippen LogP contribution in [0.2, 0.25) is 0 Å². The third-order valence-electron chi connectivity index (χ3n) is 3.33. The molecule has 6 heteroatoms. The molecule has 1 aliphatic heterocycles. The van der Waals surface area contributed by atoms with Crippen LogP contribution < -0.4 is 5.73 Å². The number of nitrogens with two attached hydrogens (primary N) is 1. The molecule has 2 atom stereocenters. The zero-order valence-corrected chi connectivity index (χ0v) is 12.5. The zero-order valence-electron chi connectivity index (χ0n) is 11.6. The lowest BCUT2D eigenvalue weighted by Crippen LogP contribution is -2.50. The maximum absolute atomic E-state index is 12.9. The molecule has 1 aromatic carbocycles. The van der Waals surface area contributed by atoms with Crippen molar-refractivity contribution in [2.75, 3.05) is 13.1 Å². The van der Waals surface area contributed by atoms with Gasteiger partial charge in [0.15, 0.2) is 4.90 Å². The van der Waals surface area contributed by atoms with Gasteiger partial charge < -0.3 is 15.2 Å². The van der Waals surface area contributed by atoms with E-state index in [9.17, 15) is 13.7 Å². The molecule has 0 aliphatic carbocycles. The Bertz CT molecular complexity index is 487. The van der Waals surface area contributed by atoms with Crippen LogP contribution in [0.15, 0.2) is 29.2 Å². The van der Waals surface area contributed by atoms with E-state index < -0.39 is 16.7 Å². The van der Waals surface area contributed by atoms with Crippen LogP contribution in [-0.2, 0) is 16.0 Å². The lowest BCUT2D eigenvalue weighted by atomic mass is 10.1. The quantitative estimate of drug-likeness (QED) is 0.854. The molecule has 0 saturated carbocycles. The molecule has 0 spiro atoms. The van der Waals surface area contributed by atoms with Crippen LogP contribution in [0, 0.1) is 5.82 Å². The van der Waals surface area contributed by atoms with Crippen LogP contribution in [0.4, 0.5) is 4.39 Å². The molecule has 0 bridgehead atoms. The largest absolute Gasteiger partial charge is 0.611 e. The van der Waals surface area contributed by atoms with Gasteiger partial charge in [0.25, 0.3) is 0 Å². The fraction of sp³-hybridized carbons (Fsp3) is 0.500. The molecule has 0 aromatic heterocycles. The average Bonchev–Trinajstić information content (AvgIpc) is 2.86. The second-order valence-electron chi connectivity index (χ2n) is 5.63. The van der Waals surface area contributed by atoms with Crippen LogP contribution in [0.25, 0.3) is 0 Å². The summed E-state index contributed by atoms with van der Waals surface area (Å²) in [4.78, 5) is 14.3. The minimum absolute atomic E-state index is 0.119. The lowest BCUT2D eigenvalue weighted by molar-refractivity contribution is -0.134. The molecule has 1 fully saturated rings. The first-order chi connectivity index (χ1) is 9.29. The van der Waals surface area contributed by atoms with Crippen molar-refractivity contribution in [2.24, 2.45) is 5.73 Å². The van der Waals surface area contributed by atoms with Gasteiger partial charge in [-0.1, -0.05) is 0 Å². The van der Waals surface area contributed by atoms with Gasteiger partial charge in [-0.2, -0.15) is 0 Å². The van der Waals surface area contributed by atoms with Crippen molar-refractivity contribution in [1.29, 1.82) is 0 Å². The maximum Gasteiger partial charge on any atom is 0.242 e. The predicted molar refractivity (Wildman–Crippen MR) is 76.1 cm³/mol. The first-order valence-corrected chi connectivity index (χ1v) is 7.75. The molecule has 1 saturated heterocycles. The van der Waals surface area contributed by atoms with E-state index in [1.54, 1.807) is 18.7 Å². The van der Waals surface area contributed by atoms with Crippen molar-refractivity contribution in [3.05, 3.63) is 30.1 Å². The summed E-state index contributed by atoms with van der Waals surface area (Å²) in [5, 5.41) is -0.119. The number of halogens is 1. The van der Waals surface area contributed by atoms with Crippen LogP contribution in [0.5, 0.6) is 0 Å². The molecular weight excluding hydrogens is 279 g/mol. The van der Waals surface area contributed by atoms with Gasteiger partial charge in [0.1, 0.15) is 11.1 Å². The van der Waals surface area contributed by atoms with E-state index in [0.29, 0.717) is 24.4 Å². The molecule has 0 radical (unpaired) electrons. The standard InChI is InChI=1S/C14H19FN2O2S/c1-14(2,16)13(18)17-8-7-12(9-17)20(19)11-5-3-10(15)4-6-11/h3-6,12H,7-9,16H2,1-2H3. The van der Waals surface area contributed by atoms with Crippen LogP contribution >= 0.6 is 0 Å². The number of likely N-dealkylation sites (tertiary alicyclic amines) is 1. The smallest absolute Gasteiger partial charge is 0.242 e. The number of amides is 1. The van der Waals surface area contributed by atoms with E-state index >= 15 is 0 Å². The Kier molecular flexibility index (Phi) is 4.36. The summed E-state index contributed by atoms with van der Waals surface area (Å²) in [6.45, 7) is 4.33. The first kappa shape index (κ1) is 15.3. The monoisotopic (exact) mass is 298 g/mol. The zero-order chi connectivity index (χ0) is 14.9. The van der Waals surface area contributed by atoms with Gasteiger partial charge in [-0.05, 0) is 49.3 Å². The molecule has 2 unspecified atom stereocenters. The number of benzene rings is 1. The van der Waals surface area contributed by atoms with Crippen molar-refractivity contribution in [1.82, 2.24) is 4.90 Å². The second kappa shape index (κ2) is 5.71. The fourth-order valence-corrected chi connectivity index (χ4v) is 3.68. The number of nitrogens with zero attached hydrogens (tertiary/aromatic N) is 1. The summed E-state index contributed by atoms with van der Waals surface area (Å²) in [5.41, 5.74) is 4.89. The van der Waals surface area contributed by atoms with Crippen molar-refractivity contribution < 1.29 is 13.7 Å². The molecular formula is C14H19FN2O2S. The highest BCUT2D eigenvalue weighted by molar-refractivity contribution is 7.92. The Morgan fingerprint density at radius 1 is 1.45 bits per heavy atom. The lowest BCUT2D eigenvalue weighted by Gasteiger charge is -2.25. The SMILES string of the molecule is CC(C)(N)C(=O)N1CCC([S+]([O-])c2ccc(F)cc2)C1. The molecule has 4 nitrogen and oxygen atoms in total. The number of carbonyl (C=O) groups excluding carboxylic acids is 1. The Hall–Kier alpha value is -1.11.